The molecule has 0 unspecified atom stereocenters. The predicted molar refractivity (Wildman–Crippen MR) is 171 cm³/mol. The van der Waals surface area contributed by atoms with Crippen LogP contribution in [0.5, 0.6) is 11.5 Å². The Morgan fingerprint density at radius 3 is 2.10 bits per heavy atom. The van der Waals surface area contributed by atoms with Gasteiger partial charge >= 0.3 is 11.9 Å². The number of aliphatic hydroxyl groups is 3. The van der Waals surface area contributed by atoms with E-state index in [1.807, 2.05) is 6.07 Å². The van der Waals surface area contributed by atoms with Gasteiger partial charge in [-0.2, -0.15) is 0 Å². The standard InChI is InChI=1S/C37H30F2O11/c38-24-10-6-21(7-11-24)35(44)47-19-30-32(41)33(42)34(43)37(50-30)49-29-3-1-2-28(48-36(45)22-8-12-25(39)13-9-22)31(29)26(40)14-4-20-5-15-27-23(18-20)16-17-46-27/h1-3,5-13,15-18,30,32-34,37,41-43H,4,14,19H2/t30-,32-,33+,34-,37-/m1/s1. The molecule has 5 aromatic rings. The molecule has 2 heterocycles. The van der Waals surface area contributed by atoms with E-state index in [2.05, 4.69) is 0 Å². The lowest BCUT2D eigenvalue weighted by Gasteiger charge is -2.40. The van der Waals surface area contributed by atoms with Crippen molar-refractivity contribution in [2.75, 3.05) is 6.61 Å². The van der Waals surface area contributed by atoms with Gasteiger partial charge in [-0.05, 0) is 90.8 Å². The van der Waals surface area contributed by atoms with Crippen LogP contribution in [0.4, 0.5) is 8.78 Å². The third kappa shape index (κ3) is 7.71. The van der Waals surface area contributed by atoms with Crippen molar-refractivity contribution in [2.24, 2.45) is 0 Å². The molecule has 13 heteroatoms. The van der Waals surface area contributed by atoms with Crippen LogP contribution < -0.4 is 9.47 Å². The second-order valence-corrected chi connectivity index (χ2v) is 11.5. The largest absolute Gasteiger partial charge is 0.464 e. The zero-order valence-corrected chi connectivity index (χ0v) is 26.1. The fourth-order valence-corrected chi connectivity index (χ4v) is 5.37. The highest BCUT2D eigenvalue weighted by Gasteiger charge is 2.46. The average molecular weight is 689 g/mol. The summed E-state index contributed by atoms with van der Waals surface area (Å²) in [6.07, 6.45) is -6.77. The Labute approximate surface area is 283 Å². The maximum atomic E-state index is 13.9. The molecule has 0 radical (unpaired) electrons. The summed E-state index contributed by atoms with van der Waals surface area (Å²) in [6.45, 7) is -0.594. The lowest BCUT2D eigenvalue weighted by molar-refractivity contribution is -0.277. The first kappa shape index (κ1) is 34.4. The first-order valence-corrected chi connectivity index (χ1v) is 15.5. The molecule has 50 heavy (non-hydrogen) atoms. The fourth-order valence-electron chi connectivity index (χ4n) is 5.37. The lowest BCUT2D eigenvalue weighted by atomic mass is 9.98. The first-order chi connectivity index (χ1) is 24.1. The zero-order valence-electron chi connectivity index (χ0n) is 26.1. The van der Waals surface area contributed by atoms with Crippen molar-refractivity contribution in [3.8, 4) is 11.5 Å². The zero-order chi connectivity index (χ0) is 35.4. The van der Waals surface area contributed by atoms with Gasteiger partial charge in [0.2, 0.25) is 6.29 Å². The predicted octanol–water partition coefficient (Wildman–Crippen LogP) is 4.79. The summed E-state index contributed by atoms with van der Waals surface area (Å²) in [5.74, 6) is -3.81. The average Bonchev–Trinajstić information content (AvgIpc) is 3.59. The van der Waals surface area contributed by atoms with Gasteiger partial charge in [-0.1, -0.05) is 12.1 Å². The number of aliphatic hydroxyl groups excluding tert-OH is 3. The minimum atomic E-state index is -1.84. The van der Waals surface area contributed by atoms with E-state index in [1.165, 1.54) is 42.5 Å². The normalized spacial score (nSPS) is 20.3. The van der Waals surface area contributed by atoms with Crippen LogP contribution in [-0.4, -0.2) is 70.4 Å². The van der Waals surface area contributed by atoms with Crippen molar-refractivity contribution in [3.05, 3.63) is 131 Å². The van der Waals surface area contributed by atoms with Crippen LogP contribution in [-0.2, 0) is 15.9 Å². The van der Waals surface area contributed by atoms with E-state index in [1.54, 1.807) is 24.5 Å². The van der Waals surface area contributed by atoms with Gasteiger partial charge in [-0.25, -0.2) is 18.4 Å². The van der Waals surface area contributed by atoms with E-state index >= 15 is 0 Å². The summed E-state index contributed by atoms with van der Waals surface area (Å²) in [5.41, 5.74) is 1.33. The number of fused-ring (bicyclic) bond motifs is 1. The summed E-state index contributed by atoms with van der Waals surface area (Å²) >= 11 is 0. The number of esters is 2. The first-order valence-electron chi connectivity index (χ1n) is 15.5. The van der Waals surface area contributed by atoms with E-state index in [0.717, 1.165) is 35.2 Å². The number of aryl methyl sites for hydroxylation is 1. The molecule has 0 spiro atoms. The Morgan fingerprint density at radius 1 is 0.740 bits per heavy atom. The molecular weight excluding hydrogens is 658 g/mol. The number of benzene rings is 4. The minimum absolute atomic E-state index is 0.00528. The van der Waals surface area contributed by atoms with Crippen molar-refractivity contribution >= 4 is 28.7 Å². The molecule has 0 amide bonds. The number of hydrogen-bond acceptors (Lipinski definition) is 11. The summed E-state index contributed by atoms with van der Waals surface area (Å²) in [6, 6.07) is 20.5. The molecule has 1 saturated heterocycles. The molecule has 1 aromatic heterocycles. The Kier molecular flexibility index (Phi) is 10.3. The molecule has 1 aliphatic rings. The Morgan fingerprint density at radius 2 is 1.40 bits per heavy atom. The van der Waals surface area contributed by atoms with Crippen molar-refractivity contribution in [1.29, 1.82) is 0 Å². The van der Waals surface area contributed by atoms with Gasteiger partial charge in [0.1, 0.15) is 65.3 Å². The molecule has 5 atom stereocenters. The molecule has 3 N–H and O–H groups in total. The number of halogens is 2. The molecular formula is C37H30F2O11. The maximum Gasteiger partial charge on any atom is 0.343 e. The van der Waals surface area contributed by atoms with E-state index in [-0.39, 0.29) is 41.0 Å². The highest BCUT2D eigenvalue weighted by molar-refractivity contribution is 6.03. The number of hydrogen-bond donors (Lipinski definition) is 3. The van der Waals surface area contributed by atoms with Gasteiger partial charge in [-0.3, -0.25) is 4.79 Å². The quantitative estimate of drug-likeness (QED) is 0.0994. The van der Waals surface area contributed by atoms with Crippen molar-refractivity contribution in [2.45, 2.75) is 43.5 Å². The lowest BCUT2D eigenvalue weighted by Crippen LogP contribution is -2.60. The summed E-state index contributed by atoms with van der Waals surface area (Å²) < 4.78 is 54.5. The SMILES string of the molecule is O=C(OC[C@H]1O[C@@H](Oc2cccc(OC(=O)c3ccc(F)cc3)c2C(=O)CCc2ccc3occc3c2)[C@H](O)[C@@H](O)[C@@H]1O)c1ccc(F)cc1. The number of ether oxygens (including phenoxy) is 4. The number of Topliss-reactive ketones (excluding diaryl/α,β-unsaturated/α-hetero) is 1. The molecule has 1 aliphatic heterocycles. The summed E-state index contributed by atoms with van der Waals surface area (Å²) in [7, 11) is 0. The number of carbonyl (C=O) groups excluding carboxylic acids is 3. The van der Waals surface area contributed by atoms with Crippen molar-refractivity contribution in [3.63, 3.8) is 0 Å². The topological polar surface area (TPSA) is 162 Å². The van der Waals surface area contributed by atoms with E-state index in [4.69, 9.17) is 23.4 Å². The molecule has 258 valence electrons. The van der Waals surface area contributed by atoms with Gasteiger partial charge in [0, 0.05) is 11.8 Å². The van der Waals surface area contributed by atoms with Crippen LogP contribution >= 0.6 is 0 Å². The number of furan rings is 1. The highest BCUT2D eigenvalue weighted by atomic mass is 19.1. The van der Waals surface area contributed by atoms with Crippen LogP contribution in [0.2, 0.25) is 0 Å². The number of ketones is 1. The fraction of sp³-hybridized carbons (Fsp3) is 0.216. The Balaban J connectivity index is 1.24. The van der Waals surface area contributed by atoms with Gasteiger partial charge in [-0.15, -0.1) is 0 Å². The van der Waals surface area contributed by atoms with E-state index in [0.29, 0.717) is 5.58 Å². The minimum Gasteiger partial charge on any atom is -0.464 e. The van der Waals surface area contributed by atoms with E-state index < -0.39 is 66.7 Å². The van der Waals surface area contributed by atoms with Crippen LogP contribution in [0.1, 0.15) is 43.1 Å². The second-order valence-electron chi connectivity index (χ2n) is 11.5. The molecule has 0 aliphatic carbocycles. The molecule has 11 nitrogen and oxygen atoms in total. The molecule has 0 bridgehead atoms. The van der Waals surface area contributed by atoms with Gasteiger partial charge in [0.25, 0.3) is 0 Å². The molecule has 6 rings (SSSR count). The molecule has 4 aromatic carbocycles. The summed E-state index contributed by atoms with van der Waals surface area (Å²) in [5, 5.41) is 32.8. The van der Waals surface area contributed by atoms with Gasteiger partial charge < -0.3 is 38.7 Å². The van der Waals surface area contributed by atoms with Gasteiger partial charge in [0.15, 0.2) is 5.78 Å². The maximum absolute atomic E-state index is 13.9. The molecule has 0 saturated carbocycles. The second kappa shape index (κ2) is 15.0. The molecule has 1 fully saturated rings. The monoisotopic (exact) mass is 688 g/mol. The van der Waals surface area contributed by atoms with Crippen molar-refractivity contribution in [1.82, 2.24) is 0 Å². The highest BCUT2D eigenvalue weighted by Crippen LogP contribution is 2.34. The number of rotatable bonds is 11. The third-order valence-electron chi connectivity index (χ3n) is 8.08. The number of carbonyl (C=O) groups is 3. The van der Waals surface area contributed by atoms with Crippen LogP contribution in [0.25, 0.3) is 11.0 Å². The van der Waals surface area contributed by atoms with Crippen LogP contribution in [0, 0.1) is 11.6 Å². The Bertz CT molecular complexity index is 1990. The third-order valence-corrected chi connectivity index (χ3v) is 8.08. The van der Waals surface area contributed by atoms with Crippen LogP contribution in [0.15, 0.2) is 102 Å². The van der Waals surface area contributed by atoms with Crippen molar-refractivity contribution < 1.29 is 61.8 Å². The Hall–Kier alpha value is -5.47. The smallest absolute Gasteiger partial charge is 0.343 e. The summed E-state index contributed by atoms with van der Waals surface area (Å²) in [4.78, 5) is 39.3. The van der Waals surface area contributed by atoms with E-state index in [9.17, 15) is 38.5 Å². The van der Waals surface area contributed by atoms with Crippen LogP contribution in [0.3, 0.4) is 0 Å². The van der Waals surface area contributed by atoms with Gasteiger partial charge in [0.05, 0.1) is 17.4 Å².